The third-order valence-electron chi connectivity index (χ3n) is 7.46. The predicted octanol–water partition coefficient (Wildman–Crippen LogP) is 8.49. The van der Waals surface area contributed by atoms with Gasteiger partial charge in [0.2, 0.25) is 0 Å². The molecule has 1 heterocycles. The largest absolute Gasteiger partial charge is 0.446 e. The van der Waals surface area contributed by atoms with E-state index in [2.05, 4.69) is 17.0 Å². The lowest BCUT2D eigenvalue weighted by Crippen LogP contribution is -2.16. The Morgan fingerprint density at radius 1 is 0.921 bits per heavy atom. The molecule has 0 amide bonds. The van der Waals surface area contributed by atoms with Crippen molar-refractivity contribution in [2.75, 3.05) is 19.0 Å². The van der Waals surface area contributed by atoms with Gasteiger partial charge in [-0.15, -0.1) is 0 Å². The van der Waals surface area contributed by atoms with Gasteiger partial charge in [0, 0.05) is 42.8 Å². The maximum Gasteiger partial charge on any atom is 0.446 e. The Morgan fingerprint density at radius 3 is 2.18 bits per heavy atom. The van der Waals surface area contributed by atoms with E-state index in [0.717, 1.165) is 54.1 Å². The number of ketones is 1. The average molecular weight is 544 g/mol. The van der Waals surface area contributed by atoms with Crippen LogP contribution in [-0.2, 0) is 6.42 Å². The highest BCUT2D eigenvalue weighted by atomic mass is 32.2. The third kappa shape index (κ3) is 8.19. The third-order valence-corrected chi connectivity index (χ3v) is 8.20. The highest BCUT2D eigenvalue weighted by molar-refractivity contribution is 8.00. The number of hydrogen-bond donors (Lipinski definition) is 0. The first-order valence-corrected chi connectivity index (χ1v) is 14.3. The summed E-state index contributed by atoms with van der Waals surface area (Å²) in [5.74, 6) is 3.31. The Morgan fingerprint density at radius 2 is 1.55 bits per heavy atom. The number of aryl methyl sites for hydroxylation is 1. The number of carbonyl (C=O) groups excluding carboxylic acids is 1. The molecule has 1 aliphatic rings. The molecule has 1 aromatic heterocycles. The highest BCUT2D eigenvalue weighted by Gasteiger charge is 2.29. The molecule has 1 saturated carbocycles. The number of aromatic nitrogens is 2. The fourth-order valence-corrected chi connectivity index (χ4v) is 5.99. The van der Waals surface area contributed by atoms with Crippen LogP contribution in [0, 0.1) is 11.8 Å². The number of Topliss-reactive ketones (excluding diaryl/α,β-unsaturated/α-hetero) is 1. The van der Waals surface area contributed by atoms with Crippen molar-refractivity contribution in [3.8, 4) is 0 Å². The van der Waals surface area contributed by atoms with E-state index in [-0.39, 0.29) is 22.4 Å². The first-order valence-electron chi connectivity index (χ1n) is 13.5. The maximum atomic E-state index is 12.5. The summed E-state index contributed by atoms with van der Waals surface area (Å²) < 4.78 is 37.4. The molecule has 204 valence electrons. The number of thioether (sulfide) groups is 1. The monoisotopic (exact) mass is 543 g/mol. The molecule has 1 aliphatic carbocycles. The number of nitrogens with zero attached hydrogens (tertiary/aromatic N) is 3. The van der Waals surface area contributed by atoms with Gasteiger partial charge in [-0.3, -0.25) is 4.79 Å². The van der Waals surface area contributed by atoms with Crippen molar-refractivity contribution >= 4 is 34.3 Å². The van der Waals surface area contributed by atoms with Gasteiger partial charge < -0.3 is 4.90 Å². The van der Waals surface area contributed by atoms with Crippen LogP contribution < -0.4 is 4.90 Å². The van der Waals surface area contributed by atoms with E-state index >= 15 is 0 Å². The lowest BCUT2D eigenvalue weighted by molar-refractivity contribution is -0.0328. The normalized spacial score (nSPS) is 18.0. The molecule has 0 unspecified atom stereocenters. The zero-order valence-electron chi connectivity index (χ0n) is 22.1. The molecule has 0 bridgehead atoms. The van der Waals surface area contributed by atoms with Crippen LogP contribution in [0.25, 0.3) is 10.9 Å². The standard InChI is InChI=1S/C30H36F3N3OS/c1-36(2)29-25-9-3-4-10-26(25)34-28(35-29)12-6-8-22-15-13-21(14-16-22)7-5-11-27(37)23-17-19-24(20-18-23)38-30(31,32)33/h3-4,9-10,17-22H,5-8,11-16H2,1-2H3. The Balaban J connectivity index is 1.15. The lowest BCUT2D eigenvalue weighted by atomic mass is 9.78. The summed E-state index contributed by atoms with van der Waals surface area (Å²) in [7, 11) is 4.04. The van der Waals surface area contributed by atoms with Crippen LogP contribution in [0.1, 0.15) is 74.0 Å². The summed E-state index contributed by atoms with van der Waals surface area (Å²) in [6.45, 7) is 0. The second-order valence-corrected chi connectivity index (χ2v) is 11.7. The van der Waals surface area contributed by atoms with Gasteiger partial charge in [0.25, 0.3) is 0 Å². The molecule has 0 saturated heterocycles. The van der Waals surface area contributed by atoms with E-state index in [0.29, 0.717) is 17.9 Å². The molecule has 0 atom stereocenters. The second-order valence-electron chi connectivity index (χ2n) is 10.5. The van der Waals surface area contributed by atoms with Gasteiger partial charge in [0.05, 0.1) is 5.52 Å². The number of rotatable bonds is 11. The van der Waals surface area contributed by atoms with Crippen LogP contribution >= 0.6 is 11.8 Å². The number of anilines is 1. The van der Waals surface area contributed by atoms with Crippen LogP contribution in [0.2, 0.25) is 0 Å². The van der Waals surface area contributed by atoms with Gasteiger partial charge in [0.1, 0.15) is 11.6 Å². The minimum absolute atomic E-state index is 0.00979. The van der Waals surface area contributed by atoms with Crippen molar-refractivity contribution < 1.29 is 18.0 Å². The van der Waals surface area contributed by atoms with Crippen molar-refractivity contribution in [1.29, 1.82) is 0 Å². The number of alkyl halides is 3. The van der Waals surface area contributed by atoms with Gasteiger partial charge in [-0.05, 0) is 60.7 Å². The zero-order chi connectivity index (χ0) is 27.1. The Labute approximate surface area is 227 Å². The molecule has 38 heavy (non-hydrogen) atoms. The van der Waals surface area contributed by atoms with Gasteiger partial charge >= 0.3 is 5.51 Å². The van der Waals surface area contributed by atoms with E-state index in [4.69, 9.17) is 9.97 Å². The number of halogens is 3. The Bertz CT molecular complexity index is 1210. The molecule has 0 N–H and O–H groups in total. The number of fused-ring (bicyclic) bond motifs is 1. The smallest absolute Gasteiger partial charge is 0.362 e. The van der Waals surface area contributed by atoms with Crippen molar-refractivity contribution in [2.45, 2.75) is 74.6 Å². The van der Waals surface area contributed by atoms with Crippen molar-refractivity contribution in [3.63, 3.8) is 0 Å². The summed E-state index contributed by atoms with van der Waals surface area (Å²) in [5.41, 5.74) is -2.82. The van der Waals surface area contributed by atoms with E-state index in [9.17, 15) is 18.0 Å². The SMILES string of the molecule is CN(C)c1nc(CCCC2CCC(CCCC(=O)c3ccc(SC(F)(F)F)cc3)CC2)nc2ccccc12. The quantitative estimate of drug-likeness (QED) is 0.179. The van der Waals surface area contributed by atoms with Gasteiger partial charge in [-0.2, -0.15) is 13.2 Å². The fraction of sp³-hybridized carbons (Fsp3) is 0.500. The van der Waals surface area contributed by atoms with E-state index in [1.165, 1.54) is 56.4 Å². The van der Waals surface area contributed by atoms with Crippen LogP contribution in [0.15, 0.2) is 53.4 Å². The summed E-state index contributed by atoms with van der Waals surface area (Å²) >= 11 is -0.156. The minimum atomic E-state index is -4.31. The number of para-hydroxylation sites is 1. The molecule has 2 aromatic carbocycles. The summed E-state index contributed by atoms with van der Waals surface area (Å²) in [4.78, 5) is 24.2. The maximum absolute atomic E-state index is 12.5. The molecule has 4 nitrogen and oxygen atoms in total. The molecule has 3 aromatic rings. The van der Waals surface area contributed by atoms with Gasteiger partial charge in [-0.1, -0.05) is 62.8 Å². The number of hydrogen-bond acceptors (Lipinski definition) is 5. The molecule has 8 heteroatoms. The van der Waals surface area contributed by atoms with E-state index in [1.807, 2.05) is 26.2 Å². The van der Waals surface area contributed by atoms with E-state index < -0.39 is 5.51 Å². The summed E-state index contributed by atoms with van der Waals surface area (Å²) in [6, 6.07) is 13.9. The highest BCUT2D eigenvalue weighted by Crippen LogP contribution is 2.37. The molecule has 0 spiro atoms. The van der Waals surface area contributed by atoms with Crippen LogP contribution in [0.4, 0.5) is 19.0 Å². The molecule has 4 rings (SSSR count). The number of carbonyl (C=O) groups is 1. The number of benzene rings is 2. The average Bonchev–Trinajstić information content (AvgIpc) is 2.88. The first-order chi connectivity index (χ1) is 18.2. The van der Waals surface area contributed by atoms with Gasteiger partial charge in [0.15, 0.2) is 5.78 Å². The van der Waals surface area contributed by atoms with Crippen LogP contribution in [0.3, 0.4) is 0 Å². The second kappa shape index (κ2) is 13.0. The Hall–Kier alpha value is -2.61. The lowest BCUT2D eigenvalue weighted by Gasteiger charge is -2.28. The molecule has 1 fully saturated rings. The minimum Gasteiger partial charge on any atom is -0.362 e. The molecule has 0 radical (unpaired) electrons. The fourth-order valence-electron chi connectivity index (χ4n) is 5.46. The van der Waals surface area contributed by atoms with Crippen molar-refractivity contribution in [1.82, 2.24) is 9.97 Å². The van der Waals surface area contributed by atoms with Crippen LogP contribution in [-0.4, -0.2) is 35.4 Å². The van der Waals surface area contributed by atoms with Crippen molar-refractivity contribution in [2.24, 2.45) is 11.8 Å². The summed E-state index contributed by atoms with van der Waals surface area (Å²) in [6.07, 6.45) is 10.4. The van der Waals surface area contributed by atoms with Crippen LogP contribution in [0.5, 0.6) is 0 Å². The molecular formula is C30H36F3N3OS. The first kappa shape index (κ1) is 28.4. The summed E-state index contributed by atoms with van der Waals surface area (Å²) in [5, 5.41) is 1.08. The topological polar surface area (TPSA) is 46.1 Å². The zero-order valence-corrected chi connectivity index (χ0v) is 23.0. The van der Waals surface area contributed by atoms with Crippen molar-refractivity contribution in [3.05, 3.63) is 59.9 Å². The van der Waals surface area contributed by atoms with Gasteiger partial charge in [-0.25, -0.2) is 9.97 Å². The molecular weight excluding hydrogens is 507 g/mol. The Kier molecular flexibility index (Phi) is 9.69. The van der Waals surface area contributed by atoms with E-state index in [1.54, 1.807) is 0 Å². The predicted molar refractivity (Wildman–Crippen MR) is 149 cm³/mol. The molecule has 0 aliphatic heterocycles.